The number of rotatable bonds is 6. The Bertz CT molecular complexity index is 422. The van der Waals surface area contributed by atoms with Crippen molar-refractivity contribution in [2.75, 3.05) is 20.6 Å². The summed E-state index contributed by atoms with van der Waals surface area (Å²) in [6, 6.07) is 8.92. The maximum Gasteiger partial charge on any atom is 0.636 e. The molecule has 0 heterocycles. The summed E-state index contributed by atoms with van der Waals surface area (Å²) in [5.74, 6) is -0.853. The molecule has 0 bridgehead atoms. The zero-order valence-corrected chi connectivity index (χ0v) is 11.5. The highest BCUT2D eigenvalue weighted by atomic mass is 16.6. The summed E-state index contributed by atoms with van der Waals surface area (Å²) in [5, 5.41) is 0. The molecule has 0 aliphatic carbocycles. The molecular formula is C13H18BNO4. The highest BCUT2D eigenvalue weighted by Crippen LogP contribution is 1.97. The van der Waals surface area contributed by atoms with E-state index in [0.717, 1.165) is 0 Å². The van der Waals surface area contributed by atoms with E-state index in [1.807, 2.05) is 6.07 Å². The van der Waals surface area contributed by atoms with E-state index in [1.165, 1.54) is 0 Å². The van der Waals surface area contributed by atoms with Crippen LogP contribution in [-0.4, -0.2) is 44.6 Å². The summed E-state index contributed by atoms with van der Waals surface area (Å²) in [6.07, 6.45) is 0.231. The van der Waals surface area contributed by atoms with Crippen LogP contribution >= 0.6 is 0 Å². The highest BCUT2D eigenvalue weighted by molar-refractivity contribution is 6.64. The van der Waals surface area contributed by atoms with Crippen molar-refractivity contribution < 1.29 is 18.9 Å². The third-order valence-electron chi connectivity index (χ3n) is 2.28. The number of carbonyl (C=O) groups excluding carboxylic acids is 2. The van der Waals surface area contributed by atoms with Crippen LogP contribution in [0.15, 0.2) is 30.3 Å². The molecule has 0 aromatic heterocycles. The third-order valence-corrected chi connectivity index (χ3v) is 2.28. The first kappa shape index (κ1) is 15.2. The van der Waals surface area contributed by atoms with Crippen molar-refractivity contribution in [3.8, 4) is 0 Å². The van der Waals surface area contributed by atoms with Crippen LogP contribution in [0, 0.1) is 0 Å². The van der Waals surface area contributed by atoms with E-state index in [0.29, 0.717) is 5.46 Å². The first-order valence-corrected chi connectivity index (χ1v) is 6.11. The minimum atomic E-state index is -0.985. The molecule has 5 nitrogen and oxygen atoms in total. The van der Waals surface area contributed by atoms with Crippen molar-refractivity contribution in [1.82, 2.24) is 4.90 Å². The molecule has 0 unspecified atom stereocenters. The quantitative estimate of drug-likeness (QED) is 0.697. The van der Waals surface area contributed by atoms with Crippen LogP contribution < -0.4 is 5.46 Å². The fraction of sp³-hybridized carbons (Fsp3) is 0.385. The molecule has 19 heavy (non-hydrogen) atoms. The van der Waals surface area contributed by atoms with E-state index in [-0.39, 0.29) is 13.0 Å². The molecule has 0 atom stereocenters. The summed E-state index contributed by atoms with van der Waals surface area (Å²) < 4.78 is 10.3. The lowest BCUT2D eigenvalue weighted by Crippen LogP contribution is -2.42. The molecule has 0 amide bonds. The Morgan fingerprint density at radius 2 is 1.68 bits per heavy atom. The van der Waals surface area contributed by atoms with Gasteiger partial charge in [-0.05, 0) is 14.1 Å². The molecular weight excluding hydrogens is 245 g/mol. The molecule has 6 heteroatoms. The molecule has 0 spiro atoms. The van der Waals surface area contributed by atoms with Gasteiger partial charge in [0.15, 0.2) is 0 Å². The van der Waals surface area contributed by atoms with Gasteiger partial charge in [0.2, 0.25) is 0 Å². The summed E-state index contributed by atoms with van der Waals surface area (Å²) in [7, 11) is 2.54. The van der Waals surface area contributed by atoms with Crippen molar-refractivity contribution in [2.45, 2.75) is 13.3 Å². The minimum Gasteiger partial charge on any atom is -0.495 e. The highest BCUT2D eigenvalue weighted by Gasteiger charge is 2.29. The van der Waals surface area contributed by atoms with Gasteiger partial charge >= 0.3 is 13.1 Å². The smallest absolute Gasteiger partial charge is 0.495 e. The Hall–Kier alpha value is -1.82. The average molecular weight is 263 g/mol. The predicted molar refractivity (Wildman–Crippen MR) is 72.9 cm³/mol. The van der Waals surface area contributed by atoms with Gasteiger partial charge in [-0.3, -0.25) is 14.5 Å². The Morgan fingerprint density at radius 3 is 2.21 bits per heavy atom. The molecule has 0 aliphatic heterocycles. The third kappa shape index (κ3) is 5.57. The fourth-order valence-electron chi connectivity index (χ4n) is 1.39. The molecule has 0 fully saturated rings. The van der Waals surface area contributed by atoms with E-state index in [1.54, 1.807) is 50.2 Å². The van der Waals surface area contributed by atoms with Crippen LogP contribution in [0.5, 0.6) is 0 Å². The van der Waals surface area contributed by atoms with Crippen LogP contribution in [0.1, 0.15) is 13.3 Å². The van der Waals surface area contributed by atoms with E-state index < -0.39 is 19.1 Å². The second-order valence-corrected chi connectivity index (χ2v) is 4.31. The fourth-order valence-corrected chi connectivity index (χ4v) is 1.39. The lowest BCUT2D eigenvalue weighted by atomic mass is 9.79. The van der Waals surface area contributed by atoms with Crippen molar-refractivity contribution in [3.63, 3.8) is 0 Å². The number of hydrogen-bond acceptors (Lipinski definition) is 5. The first-order valence-electron chi connectivity index (χ1n) is 6.11. The number of carbonyl (C=O) groups is 2. The molecule has 0 aliphatic rings. The minimum absolute atomic E-state index is 0.132. The van der Waals surface area contributed by atoms with Gasteiger partial charge in [-0.1, -0.05) is 37.3 Å². The maximum absolute atomic E-state index is 11.7. The summed E-state index contributed by atoms with van der Waals surface area (Å²) in [4.78, 5) is 24.7. The lowest BCUT2D eigenvalue weighted by molar-refractivity contribution is -0.140. The Kier molecular flexibility index (Phi) is 6.08. The van der Waals surface area contributed by atoms with Crippen molar-refractivity contribution in [3.05, 3.63) is 30.3 Å². The number of likely N-dealkylation sites (N-methyl/N-ethyl adjacent to an activating group) is 1. The van der Waals surface area contributed by atoms with Gasteiger partial charge < -0.3 is 9.31 Å². The predicted octanol–water partition coefficient (Wildman–Crippen LogP) is 0.440. The number of nitrogens with zero attached hydrogens (tertiary/aromatic N) is 1. The monoisotopic (exact) mass is 263 g/mol. The van der Waals surface area contributed by atoms with Crippen LogP contribution in [-0.2, 0) is 18.9 Å². The van der Waals surface area contributed by atoms with Gasteiger partial charge in [-0.2, -0.15) is 0 Å². The maximum atomic E-state index is 11.7. The lowest BCUT2D eigenvalue weighted by Gasteiger charge is -2.15. The second-order valence-electron chi connectivity index (χ2n) is 4.31. The van der Waals surface area contributed by atoms with Crippen molar-refractivity contribution >= 4 is 24.5 Å². The molecule has 1 rings (SSSR count). The SMILES string of the molecule is CCC(=O)OB(OC(=O)CN(C)C)c1ccccc1. The van der Waals surface area contributed by atoms with Crippen LogP contribution in [0.2, 0.25) is 0 Å². The average Bonchev–Trinajstić information content (AvgIpc) is 2.37. The number of hydrogen-bond donors (Lipinski definition) is 0. The zero-order chi connectivity index (χ0) is 14.3. The van der Waals surface area contributed by atoms with E-state index in [2.05, 4.69) is 0 Å². The van der Waals surface area contributed by atoms with Gasteiger partial charge in [0.05, 0.1) is 6.54 Å². The van der Waals surface area contributed by atoms with Gasteiger partial charge in [0, 0.05) is 11.9 Å². The number of benzene rings is 1. The topological polar surface area (TPSA) is 55.8 Å². The normalized spacial score (nSPS) is 10.1. The summed E-state index contributed by atoms with van der Waals surface area (Å²) in [5.41, 5.74) is 0.636. The molecule has 0 saturated heterocycles. The molecule has 102 valence electrons. The van der Waals surface area contributed by atoms with E-state index in [4.69, 9.17) is 9.31 Å². The summed E-state index contributed by atoms with van der Waals surface area (Å²) >= 11 is 0. The van der Waals surface area contributed by atoms with Crippen LogP contribution in [0.4, 0.5) is 0 Å². The van der Waals surface area contributed by atoms with Gasteiger partial charge in [0.1, 0.15) is 0 Å². The van der Waals surface area contributed by atoms with Gasteiger partial charge in [-0.25, -0.2) is 0 Å². The molecule has 1 aromatic rings. The Balaban J connectivity index is 2.75. The Morgan fingerprint density at radius 1 is 1.11 bits per heavy atom. The molecule has 0 radical (unpaired) electrons. The first-order chi connectivity index (χ1) is 9.02. The second kappa shape index (κ2) is 7.58. The largest absolute Gasteiger partial charge is 0.636 e. The van der Waals surface area contributed by atoms with Crippen LogP contribution in [0.25, 0.3) is 0 Å². The van der Waals surface area contributed by atoms with Gasteiger partial charge in [-0.15, -0.1) is 0 Å². The van der Waals surface area contributed by atoms with Gasteiger partial charge in [0.25, 0.3) is 5.97 Å². The van der Waals surface area contributed by atoms with E-state index in [9.17, 15) is 9.59 Å². The summed E-state index contributed by atoms with van der Waals surface area (Å²) in [6.45, 7) is 1.82. The molecule has 1 aromatic carbocycles. The van der Waals surface area contributed by atoms with Crippen LogP contribution in [0.3, 0.4) is 0 Å². The molecule has 0 N–H and O–H groups in total. The molecule has 0 saturated carbocycles. The standard InChI is InChI=1S/C13H18BNO4/c1-4-12(16)18-14(11-8-6-5-7-9-11)19-13(17)10-15(2)3/h5-9H,4,10H2,1-3H3. The van der Waals surface area contributed by atoms with Crippen molar-refractivity contribution in [2.24, 2.45) is 0 Å². The zero-order valence-electron chi connectivity index (χ0n) is 11.5. The van der Waals surface area contributed by atoms with E-state index >= 15 is 0 Å². The van der Waals surface area contributed by atoms with Crippen molar-refractivity contribution in [1.29, 1.82) is 0 Å². The Labute approximate surface area is 113 Å².